The van der Waals surface area contributed by atoms with Gasteiger partial charge in [-0.3, -0.25) is 4.79 Å². The molecular formula is C16H24O4. The van der Waals surface area contributed by atoms with E-state index in [1.54, 1.807) is 7.11 Å². The Morgan fingerprint density at radius 2 is 2.00 bits per heavy atom. The number of hydrogen-bond acceptors (Lipinski definition) is 4. The molecule has 1 aromatic rings. The van der Waals surface area contributed by atoms with E-state index in [1.165, 1.54) is 0 Å². The van der Waals surface area contributed by atoms with Gasteiger partial charge < -0.3 is 14.6 Å². The fourth-order valence-corrected chi connectivity index (χ4v) is 1.83. The zero-order valence-electron chi connectivity index (χ0n) is 12.3. The van der Waals surface area contributed by atoms with E-state index in [0.717, 1.165) is 24.0 Å². The highest BCUT2D eigenvalue weighted by atomic mass is 16.5. The summed E-state index contributed by atoms with van der Waals surface area (Å²) in [5.74, 6) is -0.242. The Kier molecular flexibility index (Phi) is 7.92. The second kappa shape index (κ2) is 9.50. The molecule has 0 aromatic heterocycles. The van der Waals surface area contributed by atoms with Crippen molar-refractivity contribution < 1.29 is 19.4 Å². The summed E-state index contributed by atoms with van der Waals surface area (Å²) in [7, 11) is 1.65. The van der Waals surface area contributed by atoms with E-state index in [1.807, 2.05) is 31.2 Å². The Morgan fingerprint density at radius 1 is 1.30 bits per heavy atom. The summed E-state index contributed by atoms with van der Waals surface area (Å²) in [6, 6.07) is 7.56. The third-order valence-corrected chi connectivity index (χ3v) is 3.06. The predicted octanol–water partition coefficient (Wildman–Crippen LogP) is 2.99. The van der Waals surface area contributed by atoms with Crippen molar-refractivity contribution in [2.45, 2.75) is 45.3 Å². The van der Waals surface area contributed by atoms with Gasteiger partial charge in [-0.05, 0) is 24.0 Å². The summed E-state index contributed by atoms with van der Waals surface area (Å²) in [4.78, 5) is 11.4. The maximum absolute atomic E-state index is 11.4. The normalized spacial score (nSPS) is 12.2. The van der Waals surface area contributed by atoms with Crippen LogP contribution in [0.2, 0.25) is 0 Å². The number of ether oxygens (including phenoxy) is 2. The summed E-state index contributed by atoms with van der Waals surface area (Å²) >= 11 is 0. The van der Waals surface area contributed by atoms with E-state index >= 15 is 0 Å². The second-order valence-corrected chi connectivity index (χ2v) is 4.80. The smallest absolute Gasteiger partial charge is 0.305 e. The first kappa shape index (κ1) is 16.7. The fourth-order valence-electron chi connectivity index (χ4n) is 1.83. The molecule has 0 saturated heterocycles. The van der Waals surface area contributed by atoms with Gasteiger partial charge in [0, 0.05) is 13.5 Å². The van der Waals surface area contributed by atoms with E-state index in [4.69, 9.17) is 9.47 Å². The highest BCUT2D eigenvalue weighted by Gasteiger charge is 2.11. The molecule has 0 aliphatic carbocycles. The molecule has 0 amide bonds. The van der Waals surface area contributed by atoms with Gasteiger partial charge in [0.05, 0.1) is 19.3 Å². The molecule has 0 aliphatic rings. The van der Waals surface area contributed by atoms with Gasteiger partial charge in [-0.1, -0.05) is 37.6 Å². The van der Waals surface area contributed by atoms with Crippen LogP contribution in [0, 0.1) is 0 Å². The number of esters is 1. The molecule has 0 fully saturated rings. The molecule has 1 N–H and O–H groups in total. The summed E-state index contributed by atoms with van der Waals surface area (Å²) in [5.41, 5.74) is 1.87. The molecule has 1 unspecified atom stereocenters. The minimum absolute atomic E-state index is 0.241. The van der Waals surface area contributed by atoms with E-state index < -0.39 is 6.10 Å². The van der Waals surface area contributed by atoms with Crippen LogP contribution in [-0.4, -0.2) is 24.8 Å². The van der Waals surface area contributed by atoms with Crippen molar-refractivity contribution >= 4 is 5.97 Å². The number of benzene rings is 1. The molecule has 1 aromatic carbocycles. The van der Waals surface area contributed by atoms with Crippen LogP contribution in [0.25, 0.3) is 0 Å². The maximum Gasteiger partial charge on any atom is 0.305 e. The number of aliphatic hydroxyl groups is 1. The van der Waals surface area contributed by atoms with Crippen LogP contribution >= 0.6 is 0 Å². The van der Waals surface area contributed by atoms with Gasteiger partial charge in [0.2, 0.25) is 0 Å². The molecule has 112 valence electrons. The lowest BCUT2D eigenvalue weighted by molar-refractivity contribution is -0.144. The Hall–Kier alpha value is -1.39. The third kappa shape index (κ3) is 6.17. The van der Waals surface area contributed by atoms with Gasteiger partial charge in [0.15, 0.2) is 0 Å². The highest BCUT2D eigenvalue weighted by molar-refractivity contribution is 5.69. The van der Waals surface area contributed by atoms with E-state index in [0.29, 0.717) is 19.6 Å². The third-order valence-electron chi connectivity index (χ3n) is 3.06. The van der Waals surface area contributed by atoms with Gasteiger partial charge in [-0.15, -0.1) is 0 Å². The van der Waals surface area contributed by atoms with Gasteiger partial charge in [0.1, 0.15) is 0 Å². The Bertz CT molecular complexity index is 386. The number of carbonyl (C=O) groups excluding carboxylic acids is 1. The molecule has 0 spiro atoms. The molecule has 20 heavy (non-hydrogen) atoms. The Labute approximate surface area is 120 Å². The fraction of sp³-hybridized carbons (Fsp3) is 0.562. The lowest BCUT2D eigenvalue weighted by atomic mass is 10.0. The topological polar surface area (TPSA) is 55.8 Å². The number of methoxy groups -OCH3 is 1. The first-order valence-electron chi connectivity index (χ1n) is 7.08. The van der Waals surface area contributed by atoms with Crippen molar-refractivity contribution in [2.24, 2.45) is 0 Å². The lowest BCUT2D eigenvalue weighted by Crippen LogP contribution is -2.08. The summed E-state index contributed by atoms with van der Waals surface area (Å²) in [5, 5.41) is 10.0. The van der Waals surface area contributed by atoms with Crippen LogP contribution in [0.4, 0.5) is 0 Å². The summed E-state index contributed by atoms with van der Waals surface area (Å²) in [6.07, 6.45) is 1.88. The van der Waals surface area contributed by atoms with Crippen LogP contribution in [0.5, 0.6) is 0 Å². The van der Waals surface area contributed by atoms with E-state index in [2.05, 4.69) is 0 Å². The largest absolute Gasteiger partial charge is 0.466 e. The zero-order valence-corrected chi connectivity index (χ0v) is 12.3. The van der Waals surface area contributed by atoms with Crippen molar-refractivity contribution in [2.75, 3.05) is 13.7 Å². The number of aliphatic hydroxyl groups excluding tert-OH is 1. The predicted molar refractivity (Wildman–Crippen MR) is 77.2 cm³/mol. The van der Waals surface area contributed by atoms with Crippen molar-refractivity contribution in [3.63, 3.8) is 0 Å². The quantitative estimate of drug-likeness (QED) is 0.558. The minimum Gasteiger partial charge on any atom is -0.466 e. The average molecular weight is 280 g/mol. The zero-order chi connectivity index (χ0) is 14.8. The van der Waals surface area contributed by atoms with Gasteiger partial charge in [-0.2, -0.15) is 0 Å². The molecule has 0 saturated carbocycles. The molecule has 4 nitrogen and oxygen atoms in total. The van der Waals surface area contributed by atoms with Crippen LogP contribution in [0.3, 0.4) is 0 Å². The first-order chi connectivity index (χ1) is 9.67. The molecular weight excluding hydrogens is 256 g/mol. The van der Waals surface area contributed by atoms with Crippen LogP contribution in [0.1, 0.15) is 49.8 Å². The summed E-state index contributed by atoms with van der Waals surface area (Å²) in [6.45, 7) is 3.07. The average Bonchev–Trinajstić information content (AvgIpc) is 2.46. The van der Waals surface area contributed by atoms with E-state index in [-0.39, 0.29) is 12.4 Å². The number of rotatable bonds is 9. The SMILES string of the molecule is CCCCOC(=O)CCC(O)c1ccc(COC)cc1. The highest BCUT2D eigenvalue weighted by Crippen LogP contribution is 2.19. The molecule has 1 atom stereocenters. The first-order valence-corrected chi connectivity index (χ1v) is 7.08. The van der Waals surface area contributed by atoms with Crippen molar-refractivity contribution in [3.05, 3.63) is 35.4 Å². The van der Waals surface area contributed by atoms with E-state index in [9.17, 15) is 9.90 Å². The van der Waals surface area contributed by atoms with Gasteiger partial charge in [0.25, 0.3) is 0 Å². The Morgan fingerprint density at radius 3 is 2.60 bits per heavy atom. The van der Waals surface area contributed by atoms with Gasteiger partial charge in [-0.25, -0.2) is 0 Å². The molecule has 4 heteroatoms. The van der Waals surface area contributed by atoms with Crippen molar-refractivity contribution in [1.82, 2.24) is 0 Å². The maximum atomic E-state index is 11.4. The molecule has 0 bridgehead atoms. The minimum atomic E-state index is -0.634. The monoisotopic (exact) mass is 280 g/mol. The second-order valence-electron chi connectivity index (χ2n) is 4.80. The Balaban J connectivity index is 2.34. The van der Waals surface area contributed by atoms with Crippen LogP contribution < -0.4 is 0 Å². The lowest BCUT2D eigenvalue weighted by Gasteiger charge is -2.11. The standard InChI is InChI=1S/C16H24O4/c1-3-4-11-20-16(18)10-9-15(17)14-7-5-13(6-8-14)12-19-2/h5-8,15,17H,3-4,9-12H2,1-2H3. The van der Waals surface area contributed by atoms with Gasteiger partial charge >= 0.3 is 5.97 Å². The molecule has 0 radical (unpaired) electrons. The molecule has 1 rings (SSSR count). The van der Waals surface area contributed by atoms with Crippen LogP contribution in [0.15, 0.2) is 24.3 Å². The number of carbonyl (C=O) groups is 1. The number of unbranched alkanes of at least 4 members (excludes halogenated alkanes) is 1. The van der Waals surface area contributed by atoms with Crippen molar-refractivity contribution in [3.8, 4) is 0 Å². The molecule has 0 heterocycles. The molecule has 0 aliphatic heterocycles. The van der Waals surface area contributed by atoms with Crippen molar-refractivity contribution in [1.29, 1.82) is 0 Å². The van der Waals surface area contributed by atoms with Crippen LogP contribution in [-0.2, 0) is 20.9 Å². The number of hydrogen-bond donors (Lipinski definition) is 1. The summed E-state index contributed by atoms with van der Waals surface area (Å²) < 4.78 is 10.1.